The third-order valence-corrected chi connectivity index (χ3v) is 5.79. The number of rotatable bonds is 12. The van der Waals surface area contributed by atoms with Gasteiger partial charge in [-0.15, -0.1) is 0 Å². The number of carbonyl (C=O) groups excluding carboxylic acids is 1. The molecule has 1 aromatic carbocycles. The molecule has 1 saturated heterocycles. The lowest BCUT2D eigenvalue weighted by Crippen LogP contribution is -2.39. The molecule has 1 fully saturated rings. The summed E-state index contributed by atoms with van der Waals surface area (Å²) >= 11 is 0. The Labute approximate surface area is 205 Å². The first kappa shape index (κ1) is 24.9. The van der Waals surface area contributed by atoms with Gasteiger partial charge in [-0.2, -0.15) is 9.97 Å². The average Bonchev–Trinajstić information content (AvgIpc) is 3.28. The number of imidazole rings is 1. The Hall–Kier alpha value is -3.24. The zero-order valence-corrected chi connectivity index (χ0v) is 20.5. The molecule has 3 aromatic rings. The highest BCUT2D eigenvalue weighted by atomic mass is 16.5. The van der Waals surface area contributed by atoms with Crippen LogP contribution in [0.4, 0.5) is 5.82 Å². The lowest BCUT2D eigenvalue weighted by molar-refractivity contribution is 0.0398. The Morgan fingerprint density at radius 3 is 2.86 bits per heavy atom. The number of nitrogens with one attached hydrogen (secondary N) is 1. The number of aromatic nitrogens is 4. The minimum Gasteiger partial charge on any atom is -0.463 e. The van der Waals surface area contributed by atoms with Crippen molar-refractivity contribution in [3.8, 4) is 6.01 Å². The standard InChI is InChI=1S/C25H34N6O4/c1-3-5-13-35-25-28-22(26-9-10-30-11-14-33-15-12-30)21-23(29-25)31(18-27-21)17-19-7-6-8-20(16-19)24(32)34-4-2/h6-8,16,18H,3-5,9-15,17H2,1-2H3,(H,26,28,29). The summed E-state index contributed by atoms with van der Waals surface area (Å²) in [4.78, 5) is 28.4. The molecule has 10 nitrogen and oxygen atoms in total. The van der Waals surface area contributed by atoms with Crippen molar-refractivity contribution in [2.45, 2.75) is 33.2 Å². The van der Waals surface area contributed by atoms with Gasteiger partial charge in [0.2, 0.25) is 0 Å². The molecule has 4 rings (SSSR count). The van der Waals surface area contributed by atoms with Crippen molar-refractivity contribution < 1.29 is 19.0 Å². The van der Waals surface area contributed by atoms with Crippen molar-refractivity contribution in [1.29, 1.82) is 0 Å². The summed E-state index contributed by atoms with van der Waals surface area (Å²) in [6.45, 7) is 10.4. The van der Waals surface area contributed by atoms with E-state index in [9.17, 15) is 4.79 Å². The summed E-state index contributed by atoms with van der Waals surface area (Å²) in [6.07, 6.45) is 3.71. The minimum atomic E-state index is -0.328. The molecule has 35 heavy (non-hydrogen) atoms. The molecule has 10 heteroatoms. The topological polar surface area (TPSA) is 104 Å². The highest BCUT2D eigenvalue weighted by molar-refractivity contribution is 5.89. The Morgan fingerprint density at radius 2 is 2.06 bits per heavy atom. The van der Waals surface area contributed by atoms with Gasteiger partial charge >= 0.3 is 12.0 Å². The smallest absolute Gasteiger partial charge is 0.338 e. The fourth-order valence-electron chi connectivity index (χ4n) is 3.90. The molecule has 0 unspecified atom stereocenters. The van der Waals surface area contributed by atoms with Crippen LogP contribution in [0.3, 0.4) is 0 Å². The van der Waals surface area contributed by atoms with Gasteiger partial charge in [0.25, 0.3) is 0 Å². The molecule has 1 aliphatic heterocycles. The van der Waals surface area contributed by atoms with Crippen molar-refractivity contribution in [3.05, 3.63) is 41.7 Å². The minimum absolute atomic E-state index is 0.328. The lowest BCUT2D eigenvalue weighted by Gasteiger charge is -2.26. The zero-order chi connectivity index (χ0) is 24.5. The molecule has 0 amide bonds. The molecule has 3 heterocycles. The van der Waals surface area contributed by atoms with E-state index >= 15 is 0 Å². The van der Waals surface area contributed by atoms with Gasteiger partial charge in [-0.05, 0) is 31.0 Å². The molecule has 1 N–H and O–H groups in total. The van der Waals surface area contributed by atoms with Crippen LogP contribution in [-0.4, -0.2) is 83.0 Å². The maximum absolute atomic E-state index is 12.1. The van der Waals surface area contributed by atoms with Crippen molar-refractivity contribution in [1.82, 2.24) is 24.4 Å². The summed E-state index contributed by atoms with van der Waals surface area (Å²) < 4.78 is 18.4. The fraction of sp³-hybridized carbons (Fsp3) is 0.520. The number of hydrogen-bond acceptors (Lipinski definition) is 9. The van der Waals surface area contributed by atoms with E-state index in [2.05, 4.69) is 32.1 Å². The van der Waals surface area contributed by atoms with Gasteiger partial charge < -0.3 is 24.1 Å². The van der Waals surface area contributed by atoms with Crippen molar-refractivity contribution in [2.24, 2.45) is 0 Å². The second-order valence-electron chi connectivity index (χ2n) is 8.40. The van der Waals surface area contributed by atoms with Crippen molar-refractivity contribution in [3.63, 3.8) is 0 Å². The summed E-state index contributed by atoms with van der Waals surface area (Å²) in [7, 11) is 0. The first-order chi connectivity index (χ1) is 17.2. The monoisotopic (exact) mass is 482 g/mol. The number of benzene rings is 1. The number of hydrogen-bond donors (Lipinski definition) is 1. The van der Waals surface area contributed by atoms with Crippen LogP contribution in [0.2, 0.25) is 0 Å². The zero-order valence-electron chi connectivity index (χ0n) is 20.5. The molecular weight excluding hydrogens is 448 g/mol. The van der Waals surface area contributed by atoms with Crippen LogP contribution >= 0.6 is 0 Å². The van der Waals surface area contributed by atoms with E-state index in [1.807, 2.05) is 22.8 Å². The summed E-state index contributed by atoms with van der Waals surface area (Å²) in [5.74, 6) is 0.333. The van der Waals surface area contributed by atoms with Crippen LogP contribution in [0.5, 0.6) is 6.01 Å². The van der Waals surface area contributed by atoms with Gasteiger partial charge in [0.05, 0.1) is 44.9 Å². The molecule has 1 aliphatic rings. The molecule has 2 aromatic heterocycles. The van der Waals surface area contributed by atoms with E-state index in [1.54, 1.807) is 19.3 Å². The largest absolute Gasteiger partial charge is 0.463 e. The molecule has 0 atom stereocenters. The summed E-state index contributed by atoms with van der Waals surface area (Å²) in [5.41, 5.74) is 2.85. The van der Waals surface area contributed by atoms with Crippen LogP contribution < -0.4 is 10.1 Å². The van der Waals surface area contributed by atoms with E-state index in [-0.39, 0.29) is 5.97 Å². The normalized spacial score (nSPS) is 14.2. The highest BCUT2D eigenvalue weighted by Gasteiger charge is 2.16. The van der Waals surface area contributed by atoms with Crippen molar-refractivity contribution >= 4 is 23.0 Å². The van der Waals surface area contributed by atoms with Crippen LogP contribution in [0.15, 0.2) is 30.6 Å². The Bertz CT molecular complexity index is 1110. The first-order valence-corrected chi connectivity index (χ1v) is 12.3. The van der Waals surface area contributed by atoms with Gasteiger partial charge in [-0.1, -0.05) is 25.5 Å². The Balaban J connectivity index is 1.55. The average molecular weight is 483 g/mol. The second kappa shape index (κ2) is 12.5. The van der Waals surface area contributed by atoms with Gasteiger partial charge in [-0.3, -0.25) is 4.90 Å². The van der Waals surface area contributed by atoms with Crippen LogP contribution in [0.25, 0.3) is 11.2 Å². The SMILES string of the molecule is CCCCOc1nc(NCCN2CCOCC2)c2ncn(Cc3cccc(C(=O)OCC)c3)c2n1. The van der Waals surface area contributed by atoms with Crippen molar-refractivity contribution in [2.75, 3.05) is 57.9 Å². The molecule has 0 bridgehead atoms. The summed E-state index contributed by atoms with van der Waals surface area (Å²) in [6, 6.07) is 7.75. The molecule has 0 saturated carbocycles. The second-order valence-corrected chi connectivity index (χ2v) is 8.40. The Kier molecular flexibility index (Phi) is 8.85. The van der Waals surface area contributed by atoms with E-state index < -0.39 is 0 Å². The van der Waals surface area contributed by atoms with Crippen LogP contribution in [0, 0.1) is 0 Å². The molecular formula is C25H34N6O4. The van der Waals surface area contributed by atoms with Gasteiger partial charge in [0.1, 0.15) is 0 Å². The lowest BCUT2D eigenvalue weighted by atomic mass is 10.1. The van der Waals surface area contributed by atoms with E-state index in [4.69, 9.17) is 14.2 Å². The summed E-state index contributed by atoms with van der Waals surface area (Å²) in [5, 5.41) is 3.43. The van der Waals surface area contributed by atoms with E-state index in [0.29, 0.717) is 48.3 Å². The molecule has 0 spiro atoms. The van der Waals surface area contributed by atoms with E-state index in [0.717, 1.165) is 57.8 Å². The molecule has 0 radical (unpaired) electrons. The van der Waals surface area contributed by atoms with Gasteiger partial charge in [0, 0.05) is 26.2 Å². The quantitative estimate of drug-likeness (QED) is 0.308. The predicted molar refractivity (Wildman–Crippen MR) is 133 cm³/mol. The fourth-order valence-corrected chi connectivity index (χ4v) is 3.90. The third-order valence-electron chi connectivity index (χ3n) is 5.79. The number of unbranched alkanes of at least 4 members (excludes halogenated alkanes) is 1. The maximum Gasteiger partial charge on any atom is 0.338 e. The molecule has 188 valence electrons. The van der Waals surface area contributed by atoms with Crippen LogP contribution in [-0.2, 0) is 16.0 Å². The number of nitrogens with zero attached hydrogens (tertiary/aromatic N) is 5. The van der Waals surface area contributed by atoms with Crippen LogP contribution in [0.1, 0.15) is 42.6 Å². The predicted octanol–water partition coefficient (Wildman–Crippen LogP) is 2.97. The number of carbonyl (C=O) groups is 1. The number of ether oxygens (including phenoxy) is 3. The number of esters is 1. The molecule has 0 aliphatic carbocycles. The number of fused-ring (bicyclic) bond motifs is 1. The number of morpholine rings is 1. The Morgan fingerprint density at radius 1 is 1.20 bits per heavy atom. The van der Waals surface area contributed by atoms with E-state index in [1.165, 1.54) is 0 Å². The highest BCUT2D eigenvalue weighted by Crippen LogP contribution is 2.23. The first-order valence-electron chi connectivity index (χ1n) is 12.3. The van der Waals surface area contributed by atoms with Gasteiger partial charge in [0.15, 0.2) is 17.0 Å². The maximum atomic E-state index is 12.1. The number of anilines is 1. The van der Waals surface area contributed by atoms with Gasteiger partial charge in [-0.25, -0.2) is 9.78 Å². The third kappa shape index (κ3) is 6.67.